The van der Waals surface area contributed by atoms with Crippen LogP contribution in [-0.4, -0.2) is 37.0 Å². The molecule has 1 N–H and O–H groups in total. The van der Waals surface area contributed by atoms with E-state index < -0.39 is 0 Å². The third-order valence-corrected chi connectivity index (χ3v) is 3.71. The van der Waals surface area contributed by atoms with Gasteiger partial charge in [0.1, 0.15) is 5.82 Å². The minimum atomic E-state index is -0.225. The largest absolute Gasteiger partial charge is 0.354 e. The normalized spacial score (nSPS) is 11.7. The molecule has 0 aromatic heterocycles. The maximum atomic E-state index is 12.7. The Hall–Kier alpha value is -1.42. The summed E-state index contributed by atoms with van der Waals surface area (Å²) in [5, 5.41) is 2.96. The van der Waals surface area contributed by atoms with Gasteiger partial charge in [0, 0.05) is 18.5 Å². The van der Waals surface area contributed by atoms with Crippen molar-refractivity contribution in [2.24, 2.45) is 0 Å². The molecular weight excluding hydrogens is 255 g/mol. The van der Waals surface area contributed by atoms with Crippen LogP contribution in [0, 0.1) is 5.82 Å². The molecule has 0 fully saturated rings. The van der Waals surface area contributed by atoms with Gasteiger partial charge < -0.3 is 10.2 Å². The first-order valence-electron chi connectivity index (χ1n) is 7.00. The molecular formula is C16H25FN2O. The number of nitrogens with zero attached hydrogens (tertiary/aromatic N) is 1. The summed E-state index contributed by atoms with van der Waals surface area (Å²) in [7, 11) is 4.00. The number of halogens is 1. The van der Waals surface area contributed by atoms with E-state index in [0.717, 1.165) is 18.4 Å². The van der Waals surface area contributed by atoms with Crippen molar-refractivity contribution in [1.29, 1.82) is 0 Å². The molecule has 0 spiro atoms. The summed E-state index contributed by atoms with van der Waals surface area (Å²) < 4.78 is 12.7. The van der Waals surface area contributed by atoms with E-state index in [1.54, 1.807) is 12.1 Å². The van der Waals surface area contributed by atoms with Crippen molar-refractivity contribution in [3.05, 3.63) is 35.6 Å². The summed E-state index contributed by atoms with van der Waals surface area (Å²) in [5.74, 6) is -0.153. The fraction of sp³-hybridized carbons (Fsp3) is 0.562. The van der Waals surface area contributed by atoms with Gasteiger partial charge in [-0.3, -0.25) is 4.79 Å². The van der Waals surface area contributed by atoms with Crippen LogP contribution in [0.4, 0.5) is 4.39 Å². The number of nitrogens with one attached hydrogen (secondary N) is 1. The predicted octanol–water partition coefficient (Wildman–Crippen LogP) is 2.60. The highest BCUT2D eigenvalue weighted by atomic mass is 19.1. The van der Waals surface area contributed by atoms with E-state index in [4.69, 9.17) is 0 Å². The molecule has 4 heteroatoms. The van der Waals surface area contributed by atoms with Crippen LogP contribution in [0.1, 0.15) is 32.3 Å². The standard InChI is InChI=1S/C16H25FN2O/c1-16(2,19(3)4)12-18-15(20)7-5-6-13-8-10-14(17)11-9-13/h8-11H,5-7,12H2,1-4H3,(H,18,20). The van der Waals surface area contributed by atoms with Gasteiger partial charge in [0.25, 0.3) is 0 Å². The van der Waals surface area contributed by atoms with Crippen molar-refractivity contribution in [2.45, 2.75) is 38.6 Å². The lowest BCUT2D eigenvalue weighted by Gasteiger charge is -2.32. The van der Waals surface area contributed by atoms with Crippen LogP contribution < -0.4 is 5.32 Å². The van der Waals surface area contributed by atoms with Gasteiger partial charge in [0.2, 0.25) is 5.91 Å². The number of benzene rings is 1. The second-order valence-corrected chi connectivity index (χ2v) is 5.96. The van der Waals surface area contributed by atoms with Crippen molar-refractivity contribution in [3.8, 4) is 0 Å². The van der Waals surface area contributed by atoms with Gasteiger partial charge in [0.05, 0.1) is 0 Å². The lowest BCUT2D eigenvalue weighted by atomic mass is 10.0. The molecule has 0 radical (unpaired) electrons. The SMILES string of the molecule is CN(C)C(C)(C)CNC(=O)CCCc1ccc(F)cc1. The number of rotatable bonds is 7. The first-order chi connectivity index (χ1) is 9.31. The number of aryl methyl sites for hydroxylation is 1. The number of carbonyl (C=O) groups excluding carboxylic acids is 1. The van der Waals surface area contributed by atoms with Gasteiger partial charge in [-0.15, -0.1) is 0 Å². The summed E-state index contributed by atoms with van der Waals surface area (Å²) in [6, 6.07) is 6.44. The second kappa shape index (κ2) is 7.39. The maximum absolute atomic E-state index is 12.7. The van der Waals surface area contributed by atoms with E-state index in [9.17, 15) is 9.18 Å². The molecule has 3 nitrogen and oxygen atoms in total. The highest BCUT2D eigenvalue weighted by Crippen LogP contribution is 2.09. The van der Waals surface area contributed by atoms with Crippen molar-refractivity contribution in [3.63, 3.8) is 0 Å². The molecule has 0 aliphatic carbocycles. The molecule has 0 saturated heterocycles. The van der Waals surface area contributed by atoms with Gasteiger partial charge in [-0.2, -0.15) is 0 Å². The zero-order valence-corrected chi connectivity index (χ0v) is 12.9. The Morgan fingerprint density at radius 2 is 1.85 bits per heavy atom. The molecule has 112 valence electrons. The minimum Gasteiger partial charge on any atom is -0.354 e. The zero-order chi connectivity index (χ0) is 15.2. The molecule has 0 aliphatic heterocycles. The van der Waals surface area contributed by atoms with Crippen LogP contribution in [0.3, 0.4) is 0 Å². The number of hydrogen-bond donors (Lipinski definition) is 1. The molecule has 0 heterocycles. The van der Waals surface area contributed by atoms with Crippen molar-refractivity contribution in [2.75, 3.05) is 20.6 Å². The fourth-order valence-electron chi connectivity index (χ4n) is 1.67. The summed E-state index contributed by atoms with van der Waals surface area (Å²) >= 11 is 0. The third kappa shape index (κ3) is 5.70. The molecule has 0 saturated carbocycles. The number of carbonyl (C=O) groups is 1. The van der Waals surface area contributed by atoms with Crippen LogP contribution in [0.25, 0.3) is 0 Å². The molecule has 1 aromatic rings. The summed E-state index contributed by atoms with van der Waals surface area (Å²) in [6.07, 6.45) is 2.07. The maximum Gasteiger partial charge on any atom is 0.220 e. The Bertz CT molecular complexity index is 427. The number of likely N-dealkylation sites (N-methyl/N-ethyl adjacent to an activating group) is 1. The third-order valence-electron chi connectivity index (χ3n) is 3.71. The van der Waals surface area contributed by atoms with E-state index in [1.165, 1.54) is 12.1 Å². The molecule has 1 amide bonds. The molecule has 0 atom stereocenters. The molecule has 20 heavy (non-hydrogen) atoms. The van der Waals surface area contributed by atoms with E-state index in [-0.39, 0.29) is 17.3 Å². The van der Waals surface area contributed by atoms with Gasteiger partial charge in [-0.1, -0.05) is 12.1 Å². The predicted molar refractivity (Wildman–Crippen MR) is 80.1 cm³/mol. The zero-order valence-electron chi connectivity index (χ0n) is 12.9. The van der Waals surface area contributed by atoms with Crippen LogP contribution >= 0.6 is 0 Å². The quantitative estimate of drug-likeness (QED) is 0.832. The van der Waals surface area contributed by atoms with Crippen LogP contribution in [0.15, 0.2) is 24.3 Å². The lowest BCUT2D eigenvalue weighted by molar-refractivity contribution is -0.121. The second-order valence-electron chi connectivity index (χ2n) is 5.96. The monoisotopic (exact) mass is 280 g/mol. The molecule has 1 rings (SSSR count). The highest BCUT2D eigenvalue weighted by Gasteiger charge is 2.20. The molecule has 1 aromatic carbocycles. The molecule has 0 aliphatic rings. The minimum absolute atomic E-state index is 0.0490. The highest BCUT2D eigenvalue weighted by molar-refractivity contribution is 5.75. The first-order valence-corrected chi connectivity index (χ1v) is 7.00. The van der Waals surface area contributed by atoms with E-state index in [2.05, 4.69) is 24.1 Å². The topological polar surface area (TPSA) is 32.3 Å². The molecule has 0 bridgehead atoms. The smallest absolute Gasteiger partial charge is 0.220 e. The Morgan fingerprint density at radius 3 is 2.40 bits per heavy atom. The lowest BCUT2D eigenvalue weighted by Crippen LogP contribution is -2.48. The fourth-order valence-corrected chi connectivity index (χ4v) is 1.67. The van der Waals surface area contributed by atoms with Crippen LogP contribution in [0.2, 0.25) is 0 Å². The van der Waals surface area contributed by atoms with Crippen molar-refractivity contribution in [1.82, 2.24) is 10.2 Å². The van der Waals surface area contributed by atoms with Gasteiger partial charge in [-0.25, -0.2) is 4.39 Å². The Labute approximate surface area is 121 Å². The van der Waals surface area contributed by atoms with Gasteiger partial charge in [-0.05, 0) is 58.5 Å². The first kappa shape index (κ1) is 16.6. The van der Waals surface area contributed by atoms with E-state index in [1.807, 2.05) is 14.1 Å². The average Bonchev–Trinajstić information content (AvgIpc) is 2.39. The summed E-state index contributed by atoms with van der Waals surface area (Å²) in [6.45, 7) is 4.81. The number of amides is 1. The summed E-state index contributed by atoms with van der Waals surface area (Å²) in [5.41, 5.74) is 1.01. The van der Waals surface area contributed by atoms with Crippen LogP contribution in [-0.2, 0) is 11.2 Å². The average molecular weight is 280 g/mol. The van der Waals surface area contributed by atoms with Crippen LogP contribution in [0.5, 0.6) is 0 Å². The number of hydrogen-bond acceptors (Lipinski definition) is 2. The Morgan fingerprint density at radius 1 is 1.25 bits per heavy atom. The van der Waals surface area contributed by atoms with Crippen molar-refractivity contribution < 1.29 is 9.18 Å². The van der Waals surface area contributed by atoms with Gasteiger partial charge >= 0.3 is 0 Å². The molecule has 0 unspecified atom stereocenters. The van der Waals surface area contributed by atoms with Crippen molar-refractivity contribution >= 4 is 5.91 Å². The Balaban J connectivity index is 2.25. The van der Waals surface area contributed by atoms with E-state index >= 15 is 0 Å². The van der Waals surface area contributed by atoms with Gasteiger partial charge in [0.15, 0.2) is 0 Å². The Kier molecular flexibility index (Phi) is 6.14. The summed E-state index contributed by atoms with van der Waals surface area (Å²) in [4.78, 5) is 13.9. The van der Waals surface area contributed by atoms with E-state index in [0.29, 0.717) is 13.0 Å².